The molecule has 0 radical (unpaired) electrons. The molecule has 26 heavy (non-hydrogen) atoms. The summed E-state index contributed by atoms with van der Waals surface area (Å²) in [4.78, 5) is 13.5. The topological polar surface area (TPSA) is 58.4 Å². The van der Waals surface area contributed by atoms with Gasteiger partial charge in [0, 0.05) is 40.3 Å². The van der Waals surface area contributed by atoms with Gasteiger partial charge in [0.1, 0.15) is 5.75 Å². The molecule has 1 N–H and O–H groups in total. The molecule has 2 aromatic rings. The van der Waals surface area contributed by atoms with Crippen molar-refractivity contribution in [3.8, 4) is 16.9 Å². The van der Waals surface area contributed by atoms with E-state index in [4.69, 9.17) is 16.7 Å². The monoisotopic (exact) mass is 371 g/mol. The van der Waals surface area contributed by atoms with Gasteiger partial charge in [-0.25, -0.2) is 0 Å². The molecule has 1 spiro atoms. The van der Waals surface area contributed by atoms with Crippen LogP contribution in [0.25, 0.3) is 11.1 Å². The molecule has 0 bridgehead atoms. The van der Waals surface area contributed by atoms with Crippen LogP contribution >= 0.6 is 11.6 Å². The van der Waals surface area contributed by atoms with Gasteiger partial charge in [-0.3, -0.25) is 9.48 Å². The van der Waals surface area contributed by atoms with E-state index in [1.165, 1.54) is 6.08 Å². The molecule has 1 saturated carbocycles. The number of rotatable bonds is 3. The van der Waals surface area contributed by atoms with Crippen LogP contribution in [0, 0.1) is 19.3 Å². The predicted molar refractivity (Wildman–Crippen MR) is 101 cm³/mol. The lowest BCUT2D eigenvalue weighted by Gasteiger charge is -2.58. The van der Waals surface area contributed by atoms with Gasteiger partial charge < -0.3 is 10.0 Å². The first-order valence-electron chi connectivity index (χ1n) is 8.79. The van der Waals surface area contributed by atoms with Crippen LogP contribution in [0.2, 0.25) is 5.02 Å². The van der Waals surface area contributed by atoms with Crippen molar-refractivity contribution < 1.29 is 9.90 Å². The molecular weight excluding hydrogens is 350 g/mol. The van der Waals surface area contributed by atoms with E-state index >= 15 is 0 Å². The summed E-state index contributed by atoms with van der Waals surface area (Å²) in [5.74, 6) is 0.214. The van der Waals surface area contributed by atoms with Gasteiger partial charge in [-0.05, 0) is 51.0 Å². The van der Waals surface area contributed by atoms with E-state index in [0.717, 1.165) is 48.4 Å². The molecule has 2 heterocycles. The van der Waals surface area contributed by atoms with Crippen LogP contribution in [0.1, 0.15) is 30.3 Å². The Kier molecular flexibility index (Phi) is 3.88. The number of aromatic nitrogens is 2. The number of phenolic OH excluding ortho intramolecular Hbond substituents is 1. The second-order valence-corrected chi connectivity index (χ2v) is 8.02. The number of aromatic hydroxyl groups is 1. The molecular formula is C20H22ClN3O2. The van der Waals surface area contributed by atoms with Crippen LogP contribution in [0.15, 0.2) is 30.9 Å². The van der Waals surface area contributed by atoms with Gasteiger partial charge in [-0.1, -0.05) is 18.2 Å². The minimum Gasteiger partial charge on any atom is -0.508 e. The zero-order valence-electron chi connectivity index (χ0n) is 15.0. The molecule has 0 unspecified atom stereocenters. The molecule has 1 aromatic heterocycles. The molecule has 1 amide bonds. The molecule has 4 rings (SSSR count). The van der Waals surface area contributed by atoms with Gasteiger partial charge in [-0.15, -0.1) is 0 Å². The Morgan fingerprint density at radius 3 is 2.73 bits per heavy atom. The van der Waals surface area contributed by atoms with Gasteiger partial charge in [0.15, 0.2) is 0 Å². The van der Waals surface area contributed by atoms with Crippen molar-refractivity contribution in [1.82, 2.24) is 14.7 Å². The third kappa shape index (κ3) is 2.53. The summed E-state index contributed by atoms with van der Waals surface area (Å²) < 4.78 is 2.09. The standard InChI is InChI=1S/C20H22ClN3O2/c1-4-18(26)23-10-20(11-23)8-14(9-20)24-13(3)19(12(2)22-24)16-7-15(25)5-6-17(16)21/h4-7,14,25H,1,8-11H2,2-3H3. The van der Waals surface area contributed by atoms with E-state index in [9.17, 15) is 9.90 Å². The largest absolute Gasteiger partial charge is 0.508 e. The Labute approximate surface area is 157 Å². The van der Waals surface area contributed by atoms with Gasteiger partial charge in [0.05, 0.1) is 11.7 Å². The Morgan fingerprint density at radius 1 is 1.38 bits per heavy atom. The highest BCUT2D eigenvalue weighted by Crippen LogP contribution is 2.54. The average molecular weight is 372 g/mol. The molecule has 1 aliphatic carbocycles. The SMILES string of the molecule is C=CC(=O)N1CC2(CC(n3nc(C)c(-c4cc(O)ccc4Cl)c3C)C2)C1. The second-order valence-electron chi connectivity index (χ2n) is 7.62. The molecule has 6 heteroatoms. The highest BCUT2D eigenvalue weighted by atomic mass is 35.5. The highest BCUT2D eigenvalue weighted by Gasteiger charge is 2.54. The molecule has 2 aliphatic rings. The van der Waals surface area contributed by atoms with E-state index in [2.05, 4.69) is 18.2 Å². The van der Waals surface area contributed by atoms with E-state index in [-0.39, 0.29) is 17.1 Å². The zero-order valence-corrected chi connectivity index (χ0v) is 15.8. The minimum atomic E-state index is 0.0194. The molecule has 1 aromatic carbocycles. The number of halogens is 1. The Morgan fingerprint density at radius 2 is 2.08 bits per heavy atom. The van der Waals surface area contributed by atoms with Crippen molar-refractivity contribution in [3.63, 3.8) is 0 Å². The molecule has 0 atom stereocenters. The number of aryl methyl sites for hydroxylation is 1. The number of nitrogens with zero attached hydrogens (tertiary/aromatic N) is 3. The van der Waals surface area contributed by atoms with Crippen LogP contribution in [0.4, 0.5) is 0 Å². The van der Waals surface area contributed by atoms with Crippen molar-refractivity contribution >= 4 is 17.5 Å². The maximum Gasteiger partial charge on any atom is 0.245 e. The normalized spacial score (nSPS) is 18.5. The van der Waals surface area contributed by atoms with Crippen LogP contribution in [-0.4, -0.2) is 38.8 Å². The fourth-order valence-corrected chi connectivity index (χ4v) is 4.74. The summed E-state index contributed by atoms with van der Waals surface area (Å²) in [6, 6.07) is 5.33. The number of phenols is 1. The lowest BCUT2D eigenvalue weighted by molar-refractivity contribution is -0.149. The van der Waals surface area contributed by atoms with E-state index in [0.29, 0.717) is 11.1 Å². The fraction of sp³-hybridized carbons (Fsp3) is 0.400. The Hall–Kier alpha value is -2.27. The van der Waals surface area contributed by atoms with Gasteiger partial charge in [0.2, 0.25) is 5.91 Å². The van der Waals surface area contributed by atoms with E-state index < -0.39 is 0 Å². The van der Waals surface area contributed by atoms with Crippen LogP contribution in [-0.2, 0) is 4.79 Å². The van der Waals surface area contributed by atoms with Gasteiger partial charge in [0.25, 0.3) is 0 Å². The first-order valence-corrected chi connectivity index (χ1v) is 9.17. The third-order valence-corrected chi connectivity index (χ3v) is 6.10. The molecule has 5 nitrogen and oxygen atoms in total. The number of hydrogen-bond acceptors (Lipinski definition) is 3. The summed E-state index contributed by atoms with van der Waals surface area (Å²) in [6.45, 7) is 9.21. The van der Waals surface area contributed by atoms with E-state index in [1.807, 2.05) is 11.8 Å². The van der Waals surface area contributed by atoms with Crippen molar-refractivity contribution in [1.29, 1.82) is 0 Å². The summed E-state index contributed by atoms with van der Waals surface area (Å²) in [6.07, 6.45) is 3.45. The first kappa shape index (κ1) is 17.2. The molecule has 1 saturated heterocycles. The van der Waals surface area contributed by atoms with E-state index in [1.54, 1.807) is 18.2 Å². The minimum absolute atomic E-state index is 0.0194. The number of likely N-dealkylation sites (tertiary alicyclic amines) is 1. The summed E-state index contributed by atoms with van der Waals surface area (Å²) in [5.41, 5.74) is 4.02. The Bertz CT molecular complexity index is 904. The number of carbonyl (C=O) groups is 1. The van der Waals surface area contributed by atoms with Crippen molar-refractivity contribution in [2.24, 2.45) is 5.41 Å². The summed E-state index contributed by atoms with van der Waals surface area (Å²) >= 11 is 6.35. The van der Waals surface area contributed by atoms with Crippen molar-refractivity contribution in [2.75, 3.05) is 13.1 Å². The van der Waals surface area contributed by atoms with Crippen LogP contribution in [0.5, 0.6) is 5.75 Å². The average Bonchev–Trinajstić information content (AvgIpc) is 2.81. The van der Waals surface area contributed by atoms with Gasteiger partial charge in [-0.2, -0.15) is 5.10 Å². The summed E-state index contributed by atoms with van der Waals surface area (Å²) in [5, 5.41) is 15.2. The first-order chi connectivity index (χ1) is 12.3. The Balaban J connectivity index is 1.55. The molecule has 1 aliphatic heterocycles. The highest BCUT2D eigenvalue weighted by molar-refractivity contribution is 6.33. The fourth-order valence-electron chi connectivity index (χ4n) is 4.53. The summed E-state index contributed by atoms with van der Waals surface area (Å²) in [7, 11) is 0. The van der Waals surface area contributed by atoms with Crippen molar-refractivity contribution in [2.45, 2.75) is 32.7 Å². The third-order valence-electron chi connectivity index (χ3n) is 5.77. The number of amides is 1. The van der Waals surface area contributed by atoms with Crippen molar-refractivity contribution in [3.05, 3.63) is 47.3 Å². The maximum absolute atomic E-state index is 11.6. The maximum atomic E-state index is 11.6. The predicted octanol–water partition coefficient (Wildman–Crippen LogP) is 3.88. The second kappa shape index (κ2) is 5.88. The smallest absolute Gasteiger partial charge is 0.245 e. The number of benzene rings is 1. The number of hydrogen-bond donors (Lipinski definition) is 1. The quantitative estimate of drug-likeness (QED) is 0.833. The lowest BCUT2D eigenvalue weighted by atomic mass is 9.60. The zero-order chi connectivity index (χ0) is 18.6. The number of carbonyl (C=O) groups excluding carboxylic acids is 1. The van der Waals surface area contributed by atoms with Crippen LogP contribution < -0.4 is 0 Å². The molecule has 2 fully saturated rings. The molecule has 136 valence electrons. The van der Waals surface area contributed by atoms with Crippen LogP contribution in [0.3, 0.4) is 0 Å². The lowest BCUT2D eigenvalue weighted by Crippen LogP contribution is -2.63. The van der Waals surface area contributed by atoms with Gasteiger partial charge >= 0.3 is 0 Å².